The van der Waals surface area contributed by atoms with Crippen LogP contribution in [0.25, 0.3) is 6.08 Å². The summed E-state index contributed by atoms with van der Waals surface area (Å²) in [5.41, 5.74) is 0.722. The molecular formula is C16H16O2S3. The Bertz CT molecular complexity index is 729. The summed E-state index contributed by atoms with van der Waals surface area (Å²) in [6, 6.07) is 15.6. The Hall–Kier alpha value is -1.17. The van der Waals surface area contributed by atoms with E-state index >= 15 is 0 Å². The molecule has 0 radical (unpaired) electrons. The maximum absolute atomic E-state index is 12.8. The van der Waals surface area contributed by atoms with Crippen molar-refractivity contribution >= 4 is 39.4 Å². The lowest BCUT2D eigenvalue weighted by molar-refractivity contribution is 0.596. The van der Waals surface area contributed by atoms with Gasteiger partial charge in [0.15, 0.2) is 0 Å². The van der Waals surface area contributed by atoms with Gasteiger partial charge in [-0.3, -0.25) is 0 Å². The van der Waals surface area contributed by atoms with E-state index < -0.39 is 9.84 Å². The molecule has 0 spiro atoms. The van der Waals surface area contributed by atoms with E-state index in [0.29, 0.717) is 9.79 Å². The molecule has 0 aliphatic carbocycles. The Balaban J connectivity index is 2.58. The SMILES string of the molecule is CSC(=Cc1ccccc1S(=O)(=O)c1ccccc1)SC. The fourth-order valence-corrected chi connectivity index (χ4v) is 4.52. The van der Waals surface area contributed by atoms with E-state index in [2.05, 4.69) is 0 Å². The molecule has 0 saturated carbocycles. The van der Waals surface area contributed by atoms with Gasteiger partial charge >= 0.3 is 0 Å². The highest BCUT2D eigenvalue weighted by molar-refractivity contribution is 8.21. The Labute approximate surface area is 134 Å². The number of hydrogen-bond donors (Lipinski definition) is 0. The molecule has 2 rings (SSSR count). The lowest BCUT2D eigenvalue weighted by Crippen LogP contribution is -2.03. The first-order valence-corrected chi connectivity index (χ1v) is 10.2. The van der Waals surface area contributed by atoms with Crippen molar-refractivity contribution in [2.45, 2.75) is 9.79 Å². The van der Waals surface area contributed by atoms with Crippen LogP contribution in [0, 0.1) is 0 Å². The Morgan fingerprint density at radius 1 is 0.905 bits per heavy atom. The molecule has 0 amide bonds. The van der Waals surface area contributed by atoms with Crippen LogP contribution in [0.15, 0.2) is 68.6 Å². The first kappa shape index (κ1) is 16.2. The van der Waals surface area contributed by atoms with Gasteiger partial charge in [0, 0.05) is 4.24 Å². The van der Waals surface area contributed by atoms with Crippen LogP contribution in [0.4, 0.5) is 0 Å². The van der Waals surface area contributed by atoms with Gasteiger partial charge in [-0.1, -0.05) is 36.4 Å². The molecule has 0 aliphatic rings. The van der Waals surface area contributed by atoms with Crippen LogP contribution in [0.1, 0.15) is 5.56 Å². The fraction of sp³-hybridized carbons (Fsp3) is 0.125. The van der Waals surface area contributed by atoms with Crippen LogP contribution in [0.3, 0.4) is 0 Å². The van der Waals surface area contributed by atoms with E-state index in [4.69, 9.17) is 0 Å². The summed E-state index contributed by atoms with van der Waals surface area (Å²) < 4.78 is 26.6. The van der Waals surface area contributed by atoms with Crippen LogP contribution in [-0.2, 0) is 9.84 Å². The van der Waals surface area contributed by atoms with Crippen LogP contribution in [0.2, 0.25) is 0 Å². The number of thioether (sulfide) groups is 2. The van der Waals surface area contributed by atoms with Gasteiger partial charge in [-0.2, -0.15) is 0 Å². The summed E-state index contributed by atoms with van der Waals surface area (Å²) in [4.78, 5) is 0.664. The largest absolute Gasteiger partial charge is 0.218 e. The third-order valence-electron chi connectivity index (χ3n) is 2.94. The van der Waals surface area contributed by atoms with Gasteiger partial charge in [-0.15, -0.1) is 23.5 Å². The molecule has 5 heteroatoms. The fourth-order valence-electron chi connectivity index (χ4n) is 1.90. The Kier molecular flexibility index (Phi) is 5.56. The van der Waals surface area contributed by atoms with Crippen LogP contribution < -0.4 is 0 Å². The molecular weight excluding hydrogens is 320 g/mol. The molecule has 0 fully saturated rings. The summed E-state index contributed by atoms with van der Waals surface area (Å²) in [5, 5.41) is 0. The molecule has 2 aromatic rings. The van der Waals surface area contributed by atoms with Gasteiger partial charge < -0.3 is 0 Å². The molecule has 0 aromatic heterocycles. The van der Waals surface area contributed by atoms with E-state index in [9.17, 15) is 8.42 Å². The lowest BCUT2D eigenvalue weighted by Gasteiger charge is -2.09. The van der Waals surface area contributed by atoms with Crippen molar-refractivity contribution in [3.05, 3.63) is 64.4 Å². The van der Waals surface area contributed by atoms with Gasteiger partial charge in [0.2, 0.25) is 9.84 Å². The van der Waals surface area contributed by atoms with Gasteiger partial charge in [0.05, 0.1) is 9.79 Å². The average Bonchev–Trinajstić information content (AvgIpc) is 2.53. The van der Waals surface area contributed by atoms with Gasteiger partial charge in [-0.05, 0) is 42.4 Å². The molecule has 0 unspecified atom stereocenters. The minimum absolute atomic E-state index is 0.320. The molecule has 0 saturated heterocycles. The highest BCUT2D eigenvalue weighted by Crippen LogP contribution is 2.30. The zero-order valence-electron chi connectivity index (χ0n) is 11.8. The summed E-state index contributed by atoms with van der Waals surface area (Å²) in [7, 11) is -3.49. The predicted molar refractivity (Wildman–Crippen MR) is 93.3 cm³/mol. The average molecular weight is 337 g/mol. The highest BCUT2D eigenvalue weighted by atomic mass is 32.2. The second kappa shape index (κ2) is 7.20. The molecule has 0 atom stereocenters. The number of benzene rings is 2. The third kappa shape index (κ3) is 3.73. The van der Waals surface area contributed by atoms with Crippen LogP contribution >= 0.6 is 23.5 Å². The molecule has 2 aromatic carbocycles. The molecule has 2 nitrogen and oxygen atoms in total. The molecule has 110 valence electrons. The van der Waals surface area contributed by atoms with Crippen LogP contribution in [0.5, 0.6) is 0 Å². The summed E-state index contributed by atoms with van der Waals surface area (Å²) in [6.07, 6.45) is 5.89. The summed E-state index contributed by atoms with van der Waals surface area (Å²) >= 11 is 3.22. The standard InChI is InChI=1S/C16H16O2S3/c1-19-16(20-2)12-13-8-6-7-11-15(13)21(17,18)14-9-4-3-5-10-14/h3-12H,1-2H3. The summed E-state index contributed by atoms with van der Waals surface area (Å²) in [5.74, 6) is 0. The van der Waals surface area contributed by atoms with E-state index in [1.165, 1.54) is 0 Å². The number of hydrogen-bond acceptors (Lipinski definition) is 4. The zero-order chi connectivity index (χ0) is 15.3. The second-order valence-electron chi connectivity index (χ2n) is 4.23. The summed E-state index contributed by atoms with van der Waals surface area (Å²) in [6.45, 7) is 0. The Morgan fingerprint density at radius 3 is 2.10 bits per heavy atom. The molecule has 21 heavy (non-hydrogen) atoms. The molecule has 0 bridgehead atoms. The minimum atomic E-state index is -3.49. The first-order valence-electron chi connectivity index (χ1n) is 6.28. The van der Waals surface area contributed by atoms with Crippen molar-refractivity contribution < 1.29 is 8.42 Å². The normalized spacial score (nSPS) is 11.1. The lowest BCUT2D eigenvalue weighted by atomic mass is 10.2. The third-order valence-corrected chi connectivity index (χ3v) is 6.82. The highest BCUT2D eigenvalue weighted by Gasteiger charge is 2.19. The van der Waals surface area contributed by atoms with Crippen molar-refractivity contribution in [1.29, 1.82) is 0 Å². The van der Waals surface area contributed by atoms with E-state index in [1.807, 2.05) is 36.8 Å². The number of rotatable bonds is 5. The maximum Gasteiger partial charge on any atom is 0.207 e. The maximum atomic E-state index is 12.8. The smallest absolute Gasteiger partial charge is 0.207 e. The monoisotopic (exact) mass is 336 g/mol. The second-order valence-corrected chi connectivity index (χ2v) is 8.10. The van der Waals surface area contributed by atoms with E-state index in [0.717, 1.165) is 9.80 Å². The molecule has 0 heterocycles. The van der Waals surface area contributed by atoms with E-state index in [1.54, 1.807) is 59.9 Å². The van der Waals surface area contributed by atoms with Crippen molar-refractivity contribution in [1.82, 2.24) is 0 Å². The van der Waals surface area contributed by atoms with Gasteiger partial charge in [-0.25, -0.2) is 8.42 Å². The molecule has 0 aliphatic heterocycles. The number of sulfone groups is 1. The minimum Gasteiger partial charge on any atom is -0.218 e. The molecule has 0 N–H and O–H groups in total. The van der Waals surface area contributed by atoms with Crippen LogP contribution in [-0.4, -0.2) is 20.9 Å². The van der Waals surface area contributed by atoms with Crippen molar-refractivity contribution in [3.63, 3.8) is 0 Å². The Morgan fingerprint density at radius 2 is 1.48 bits per heavy atom. The topological polar surface area (TPSA) is 34.1 Å². The quantitative estimate of drug-likeness (QED) is 0.802. The zero-order valence-corrected chi connectivity index (χ0v) is 14.3. The van der Waals surface area contributed by atoms with Crippen molar-refractivity contribution in [2.75, 3.05) is 12.5 Å². The van der Waals surface area contributed by atoms with Gasteiger partial charge in [0.25, 0.3) is 0 Å². The van der Waals surface area contributed by atoms with Crippen molar-refractivity contribution in [3.8, 4) is 0 Å². The first-order chi connectivity index (χ1) is 10.1. The van der Waals surface area contributed by atoms with E-state index in [-0.39, 0.29) is 0 Å². The van der Waals surface area contributed by atoms with Crippen molar-refractivity contribution in [2.24, 2.45) is 0 Å². The predicted octanol–water partition coefficient (Wildman–Crippen LogP) is 4.54. The van der Waals surface area contributed by atoms with Gasteiger partial charge in [0.1, 0.15) is 0 Å².